The van der Waals surface area contributed by atoms with Crippen molar-refractivity contribution in [2.24, 2.45) is 11.8 Å². The summed E-state index contributed by atoms with van der Waals surface area (Å²) in [4.78, 5) is 11.2. The second-order valence-electron chi connectivity index (χ2n) is 5.28. The van der Waals surface area contributed by atoms with Gasteiger partial charge in [0.25, 0.3) is 0 Å². The second kappa shape index (κ2) is 10.6. The van der Waals surface area contributed by atoms with E-state index in [-0.39, 0.29) is 11.9 Å². The van der Waals surface area contributed by atoms with Gasteiger partial charge < -0.3 is 4.74 Å². The highest BCUT2D eigenvalue weighted by Crippen LogP contribution is 2.15. The first-order valence-corrected chi connectivity index (χ1v) is 7.19. The summed E-state index contributed by atoms with van der Waals surface area (Å²) in [6, 6.07) is 0. The highest BCUT2D eigenvalue weighted by atomic mass is 16.5. The zero-order valence-electron chi connectivity index (χ0n) is 12.1. The average molecular weight is 242 g/mol. The van der Waals surface area contributed by atoms with Gasteiger partial charge in [-0.3, -0.25) is 4.79 Å². The van der Waals surface area contributed by atoms with E-state index >= 15 is 0 Å². The Morgan fingerprint density at radius 1 is 1.00 bits per heavy atom. The Kier molecular flexibility index (Phi) is 10.3. The zero-order chi connectivity index (χ0) is 13.1. The summed E-state index contributed by atoms with van der Waals surface area (Å²) < 4.78 is 4.71. The van der Waals surface area contributed by atoms with Gasteiger partial charge in [-0.2, -0.15) is 0 Å². The van der Waals surface area contributed by atoms with Gasteiger partial charge in [-0.1, -0.05) is 65.7 Å². The number of ether oxygens (including phenoxy) is 1. The smallest absolute Gasteiger partial charge is 0.308 e. The topological polar surface area (TPSA) is 26.3 Å². The van der Waals surface area contributed by atoms with Gasteiger partial charge in [0.15, 0.2) is 0 Å². The highest BCUT2D eigenvalue weighted by Gasteiger charge is 2.11. The van der Waals surface area contributed by atoms with Crippen molar-refractivity contribution in [2.75, 3.05) is 7.11 Å². The fourth-order valence-electron chi connectivity index (χ4n) is 2.00. The lowest BCUT2D eigenvalue weighted by atomic mass is 9.98. The number of rotatable bonds is 10. The van der Waals surface area contributed by atoms with Crippen LogP contribution in [0, 0.1) is 11.8 Å². The summed E-state index contributed by atoms with van der Waals surface area (Å²) in [5.41, 5.74) is 0. The molecule has 0 amide bonds. The number of methoxy groups -OCH3 is 1. The summed E-state index contributed by atoms with van der Waals surface area (Å²) in [6.07, 6.45) is 10.1. The van der Waals surface area contributed by atoms with E-state index in [4.69, 9.17) is 4.74 Å². The molecule has 102 valence electrons. The molecule has 0 bridgehead atoms. The van der Waals surface area contributed by atoms with Crippen molar-refractivity contribution in [1.29, 1.82) is 0 Å². The van der Waals surface area contributed by atoms with Crippen molar-refractivity contribution in [2.45, 2.75) is 72.1 Å². The van der Waals surface area contributed by atoms with E-state index in [0.717, 1.165) is 18.8 Å². The monoisotopic (exact) mass is 242 g/mol. The van der Waals surface area contributed by atoms with E-state index in [1.807, 2.05) is 6.92 Å². The summed E-state index contributed by atoms with van der Waals surface area (Å²) in [6.45, 7) is 6.55. The lowest BCUT2D eigenvalue weighted by Gasteiger charge is -2.09. The van der Waals surface area contributed by atoms with Crippen LogP contribution in [0.25, 0.3) is 0 Å². The largest absolute Gasteiger partial charge is 0.469 e. The summed E-state index contributed by atoms with van der Waals surface area (Å²) in [7, 11) is 1.47. The molecule has 2 atom stereocenters. The number of carbonyl (C=O) groups is 1. The first-order chi connectivity index (χ1) is 8.11. The molecule has 0 rings (SSSR count). The van der Waals surface area contributed by atoms with Crippen LogP contribution in [0.5, 0.6) is 0 Å². The standard InChI is InChI=1S/C15H30O2/c1-5-13(2)11-9-7-6-8-10-12-14(3)15(16)17-4/h13-14H,5-12H2,1-4H3. The molecular weight excluding hydrogens is 212 g/mol. The molecule has 2 heteroatoms. The Morgan fingerprint density at radius 2 is 1.53 bits per heavy atom. The van der Waals surface area contributed by atoms with Crippen LogP contribution < -0.4 is 0 Å². The molecular formula is C15H30O2. The Balaban J connectivity index is 3.26. The first-order valence-electron chi connectivity index (χ1n) is 7.19. The minimum atomic E-state index is -0.0678. The molecule has 0 saturated heterocycles. The Morgan fingerprint density at radius 3 is 2.06 bits per heavy atom. The molecule has 0 aromatic heterocycles. The summed E-state index contributed by atoms with van der Waals surface area (Å²) in [5.74, 6) is 0.885. The van der Waals surface area contributed by atoms with Crippen molar-refractivity contribution in [3.63, 3.8) is 0 Å². The van der Waals surface area contributed by atoms with Gasteiger partial charge in [0.2, 0.25) is 0 Å². The van der Waals surface area contributed by atoms with Crippen LogP contribution in [-0.2, 0) is 9.53 Å². The average Bonchev–Trinajstić information content (AvgIpc) is 2.35. The molecule has 0 spiro atoms. The van der Waals surface area contributed by atoms with Crippen LogP contribution in [-0.4, -0.2) is 13.1 Å². The fourth-order valence-corrected chi connectivity index (χ4v) is 2.00. The Hall–Kier alpha value is -0.530. The van der Waals surface area contributed by atoms with Crippen LogP contribution in [0.3, 0.4) is 0 Å². The van der Waals surface area contributed by atoms with Gasteiger partial charge >= 0.3 is 5.97 Å². The van der Waals surface area contributed by atoms with Crippen molar-refractivity contribution < 1.29 is 9.53 Å². The minimum absolute atomic E-state index is 0.0678. The van der Waals surface area contributed by atoms with Crippen LogP contribution in [0.4, 0.5) is 0 Å². The second-order valence-corrected chi connectivity index (χ2v) is 5.28. The maximum Gasteiger partial charge on any atom is 0.308 e. The lowest BCUT2D eigenvalue weighted by Crippen LogP contribution is -2.12. The quantitative estimate of drug-likeness (QED) is 0.414. The van der Waals surface area contributed by atoms with Crippen molar-refractivity contribution >= 4 is 5.97 Å². The maximum absolute atomic E-state index is 11.2. The molecule has 0 aliphatic carbocycles. The van der Waals surface area contributed by atoms with Gasteiger partial charge in [-0.15, -0.1) is 0 Å². The van der Waals surface area contributed by atoms with Crippen LogP contribution in [0.1, 0.15) is 72.1 Å². The van der Waals surface area contributed by atoms with E-state index in [1.54, 1.807) is 0 Å². The van der Waals surface area contributed by atoms with Gasteiger partial charge in [0, 0.05) is 0 Å². The van der Waals surface area contributed by atoms with Gasteiger partial charge in [-0.05, 0) is 12.3 Å². The molecule has 0 saturated carbocycles. The van der Waals surface area contributed by atoms with Crippen LogP contribution in [0.15, 0.2) is 0 Å². The third-order valence-electron chi connectivity index (χ3n) is 3.63. The number of hydrogen-bond acceptors (Lipinski definition) is 2. The normalized spacial score (nSPS) is 14.4. The van der Waals surface area contributed by atoms with Gasteiger partial charge in [-0.25, -0.2) is 0 Å². The Labute approximate surface area is 107 Å². The van der Waals surface area contributed by atoms with Crippen LogP contribution in [0.2, 0.25) is 0 Å². The molecule has 0 fully saturated rings. The third kappa shape index (κ3) is 9.20. The molecule has 17 heavy (non-hydrogen) atoms. The molecule has 0 radical (unpaired) electrons. The van der Waals surface area contributed by atoms with E-state index < -0.39 is 0 Å². The van der Waals surface area contributed by atoms with E-state index in [2.05, 4.69) is 13.8 Å². The SMILES string of the molecule is CCC(C)CCCCCCCC(C)C(=O)OC. The highest BCUT2D eigenvalue weighted by molar-refractivity contribution is 5.71. The van der Waals surface area contributed by atoms with Gasteiger partial charge in [0.1, 0.15) is 0 Å². The number of unbranched alkanes of at least 4 members (excludes halogenated alkanes) is 4. The number of hydrogen-bond donors (Lipinski definition) is 0. The summed E-state index contributed by atoms with van der Waals surface area (Å²) >= 11 is 0. The van der Waals surface area contributed by atoms with Crippen LogP contribution >= 0.6 is 0 Å². The van der Waals surface area contributed by atoms with E-state index in [0.29, 0.717) is 0 Å². The summed E-state index contributed by atoms with van der Waals surface area (Å²) in [5, 5.41) is 0. The van der Waals surface area contributed by atoms with Gasteiger partial charge in [0.05, 0.1) is 13.0 Å². The molecule has 0 heterocycles. The molecule has 0 aliphatic rings. The molecule has 0 aromatic rings. The number of carbonyl (C=O) groups excluding carboxylic acids is 1. The third-order valence-corrected chi connectivity index (χ3v) is 3.63. The predicted molar refractivity (Wildman–Crippen MR) is 73.0 cm³/mol. The van der Waals surface area contributed by atoms with Crippen molar-refractivity contribution in [1.82, 2.24) is 0 Å². The van der Waals surface area contributed by atoms with Crippen molar-refractivity contribution in [3.05, 3.63) is 0 Å². The molecule has 2 nitrogen and oxygen atoms in total. The maximum atomic E-state index is 11.2. The zero-order valence-corrected chi connectivity index (χ0v) is 12.1. The first kappa shape index (κ1) is 16.5. The molecule has 0 N–H and O–H groups in total. The predicted octanol–water partition coefficient (Wildman–Crippen LogP) is 4.57. The van der Waals surface area contributed by atoms with E-state index in [1.165, 1.54) is 45.6 Å². The number of esters is 1. The lowest BCUT2D eigenvalue weighted by molar-refractivity contribution is -0.145. The fraction of sp³-hybridized carbons (Fsp3) is 0.933. The van der Waals surface area contributed by atoms with E-state index in [9.17, 15) is 4.79 Å². The molecule has 2 unspecified atom stereocenters. The van der Waals surface area contributed by atoms with Crippen molar-refractivity contribution in [3.8, 4) is 0 Å². The molecule has 0 aromatic carbocycles. The Bertz CT molecular complexity index is 189. The molecule has 0 aliphatic heterocycles. The minimum Gasteiger partial charge on any atom is -0.469 e.